The Balaban J connectivity index is 3.61. The molecule has 0 heterocycles. The molecule has 0 aliphatic carbocycles. The molecule has 10 heavy (non-hydrogen) atoms. The summed E-state index contributed by atoms with van der Waals surface area (Å²) in [5.74, 6) is 0. The normalized spacial score (nSPS) is 9.50. The van der Waals surface area contributed by atoms with E-state index >= 15 is 0 Å². The van der Waals surface area contributed by atoms with Crippen molar-refractivity contribution < 1.29 is 4.79 Å². The molecule has 0 aliphatic heterocycles. The molecular weight excluding hydrogens is 146 g/mol. The Morgan fingerprint density at radius 3 is 1.90 bits per heavy atom. The molecule has 0 spiro atoms. The zero-order chi connectivity index (χ0) is 7.98. The predicted octanol–water partition coefficient (Wildman–Crippen LogP) is 2.16. The van der Waals surface area contributed by atoms with Gasteiger partial charge < -0.3 is 4.90 Å². The summed E-state index contributed by atoms with van der Waals surface area (Å²) < 4.78 is 0. The van der Waals surface area contributed by atoms with Crippen LogP contribution in [0.1, 0.15) is 26.7 Å². The highest BCUT2D eigenvalue weighted by atomic mass is 32.1. The lowest BCUT2D eigenvalue weighted by molar-refractivity contribution is 0.223. The number of hydrogen-bond acceptors (Lipinski definition) is 1. The van der Waals surface area contributed by atoms with Crippen LogP contribution in [0.3, 0.4) is 0 Å². The summed E-state index contributed by atoms with van der Waals surface area (Å²) >= 11 is 3.75. The second kappa shape index (κ2) is 5.59. The molecule has 0 saturated carbocycles. The summed E-state index contributed by atoms with van der Waals surface area (Å²) in [5.41, 5.74) is 0. The minimum absolute atomic E-state index is 0.108. The number of nitrogens with zero attached hydrogens (tertiary/aromatic N) is 1. The first kappa shape index (κ1) is 9.82. The fraction of sp³-hybridized carbons (Fsp3) is 0.857. The van der Waals surface area contributed by atoms with Crippen LogP contribution in [-0.4, -0.2) is 23.2 Å². The van der Waals surface area contributed by atoms with E-state index < -0.39 is 0 Å². The number of carbonyl (C=O) groups excluding carboxylic acids is 1. The van der Waals surface area contributed by atoms with E-state index in [-0.39, 0.29) is 5.24 Å². The number of thiol groups is 1. The fourth-order valence-corrected chi connectivity index (χ4v) is 1.04. The minimum Gasteiger partial charge on any atom is -0.334 e. The van der Waals surface area contributed by atoms with Crippen LogP contribution in [0.5, 0.6) is 0 Å². The maximum atomic E-state index is 10.7. The molecule has 0 fully saturated rings. The zero-order valence-electron chi connectivity index (χ0n) is 6.63. The van der Waals surface area contributed by atoms with E-state index in [1.165, 1.54) is 0 Å². The van der Waals surface area contributed by atoms with Crippen molar-refractivity contribution in [2.75, 3.05) is 13.1 Å². The first-order chi connectivity index (χ1) is 4.72. The Kier molecular flexibility index (Phi) is 5.49. The molecule has 0 radical (unpaired) electrons. The number of carbonyl (C=O) groups is 1. The van der Waals surface area contributed by atoms with Gasteiger partial charge in [-0.25, -0.2) is 0 Å². The standard InChI is InChI=1S/C7H15NOS/c1-3-5-8(6-4-2)7(9)10/h3-6H2,1-2H3,(H,9,10). The molecule has 0 rings (SSSR count). The van der Waals surface area contributed by atoms with Crippen molar-refractivity contribution in [3.8, 4) is 0 Å². The van der Waals surface area contributed by atoms with Crippen molar-refractivity contribution in [3.63, 3.8) is 0 Å². The summed E-state index contributed by atoms with van der Waals surface area (Å²) in [7, 11) is 0. The highest BCUT2D eigenvalue weighted by Gasteiger charge is 2.04. The summed E-state index contributed by atoms with van der Waals surface area (Å²) in [4.78, 5) is 12.5. The Morgan fingerprint density at radius 1 is 1.30 bits per heavy atom. The van der Waals surface area contributed by atoms with Gasteiger partial charge in [-0.2, -0.15) is 0 Å². The molecule has 0 saturated heterocycles. The quantitative estimate of drug-likeness (QED) is 0.626. The van der Waals surface area contributed by atoms with Gasteiger partial charge in [0.15, 0.2) is 0 Å². The molecule has 3 heteroatoms. The first-order valence-electron chi connectivity index (χ1n) is 3.70. The maximum absolute atomic E-state index is 10.7. The molecule has 0 aromatic carbocycles. The van der Waals surface area contributed by atoms with E-state index in [0.29, 0.717) is 0 Å². The summed E-state index contributed by atoms with van der Waals surface area (Å²) in [6.07, 6.45) is 2.01. The molecule has 0 N–H and O–H groups in total. The average Bonchev–Trinajstić information content (AvgIpc) is 1.87. The Bertz CT molecular complexity index is 99.8. The summed E-state index contributed by atoms with van der Waals surface area (Å²) in [5, 5.41) is -0.108. The van der Waals surface area contributed by atoms with Crippen molar-refractivity contribution in [1.82, 2.24) is 4.90 Å². The van der Waals surface area contributed by atoms with E-state index in [4.69, 9.17) is 0 Å². The SMILES string of the molecule is CCCN(CCC)C(=O)S. The lowest BCUT2D eigenvalue weighted by Gasteiger charge is -2.17. The van der Waals surface area contributed by atoms with Crippen LogP contribution in [0.2, 0.25) is 0 Å². The second-order valence-corrected chi connectivity index (χ2v) is 2.65. The Hall–Kier alpha value is -0.180. The molecule has 0 unspecified atom stereocenters. The topological polar surface area (TPSA) is 20.3 Å². The van der Waals surface area contributed by atoms with Gasteiger partial charge in [0.1, 0.15) is 0 Å². The Labute approximate surface area is 68.0 Å². The van der Waals surface area contributed by atoms with Gasteiger partial charge in [0, 0.05) is 13.1 Å². The van der Waals surface area contributed by atoms with E-state index in [1.807, 2.05) is 0 Å². The van der Waals surface area contributed by atoms with Crippen LogP contribution in [0.4, 0.5) is 4.79 Å². The largest absolute Gasteiger partial charge is 0.334 e. The van der Waals surface area contributed by atoms with Gasteiger partial charge in [-0.15, -0.1) is 0 Å². The monoisotopic (exact) mass is 161 g/mol. The minimum atomic E-state index is -0.108. The summed E-state index contributed by atoms with van der Waals surface area (Å²) in [6.45, 7) is 5.77. The van der Waals surface area contributed by atoms with Gasteiger partial charge in [0.05, 0.1) is 0 Å². The van der Waals surface area contributed by atoms with E-state index in [1.54, 1.807) is 4.90 Å². The van der Waals surface area contributed by atoms with E-state index in [9.17, 15) is 4.79 Å². The van der Waals surface area contributed by atoms with Crippen LogP contribution in [0, 0.1) is 0 Å². The molecular formula is C7H15NOS. The van der Waals surface area contributed by atoms with Crippen molar-refractivity contribution >= 4 is 17.9 Å². The van der Waals surface area contributed by atoms with Gasteiger partial charge >= 0.3 is 0 Å². The average molecular weight is 161 g/mol. The van der Waals surface area contributed by atoms with Crippen molar-refractivity contribution in [2.45, 2.75) is 26.7 Å². The molecule has 2 nitrogen and oxygen atoms in total. The van der Waals surface area contributed by atoms with Gasteiger partial charge in [-0.05, 0) is 12.8 Å². The molecule has 60 valence electrons. The summed E-state index contributed by atoms with van der Waals surface area (Å²) in [6, 6.07) is 0. The highest BCUT2D eigenvalue weighted by Crippen LogP contribution is 1.98. The number of hydrogen-bond donors (Lipinski definition) is 1. The van der Waals surface area contributed by atoms with E-state index in [0.717, 1.165) is 25.9 Å². The number of amides is 1. The fourth-order valence-electron chi connectivity index (χ4n) is 0.843. The molecule has 0 aromatic rings. The van der Waals surface area contributed by atoms with Crippen molar-refractivity contribution in [1.29, 1.82) is 0 Å². The number of rotatable bonds is 4. The van der Waals surface area contributed by atoms with Gasteiger partial charge in [-0.1, -0.05) is 26.5 Å². The lowest BCUT2D eigenvalue weighted by atomic mass is 10.4. The van der Waals surface area contributed by atoms with Crippen LogP contribution >= 0.6 is 12.6 Å². The maximum Gasteiger partial charge on any atom is 0.278 e. The van der Waals surface area contributed by atoms with Gasteiger partial charge in [0.25, 0.3) is 5.24 Å². The smallest absolute Gasteiger partial charge is 0.278 e. The van der Waals surface area contributed by atoms with Crippen LogP contribution in [-0.2, 0) is 0 Å². The first-order valence-corrected chi connectivity index (χ1v) is 4.15. The van der Waals surface area contributed by atoms with Crippen LogP contribution in [0.25, 0.3) is 0 Å². The van der Waals surface area contributed by atoms with Gasteiger partial charge in [-0.3, -0.25) is 4.79 Å². The third-order valence-corrected chi connectivity index (χ3v) is 1.54. The lowest BCUT2D eigenvalue weighted by Crippen LogP contribution is -2.27. The molecule has 0 aromatic heterocycles. The second-order valence-electron chi connectivity index (χ2n) is 2.27. The zero-order valence-corrected chi connectivity index (χ0v) is 7.53. The third kappa shape index (κ3) is 3.77. The van der Waals surface area contributed by atoms with Crippen LogP contribution < -0.4 is 0 Å². The van der Waals surface area contributed by atoms with Crippen molar-refractivity contribution in [2.24, 2.45) is 0 Å². The molecule has 0 bridgehead atoms. The molecule has 0 atom stereocenters. The van der Waals surface area contributed by atoms with Crippen LogP contribution in [0.15, 0.2) is 0 Å². The Morgan fingerprint density at radius 2 is 1.70 bits per heavy atom. The van der Waals surface area contributed by atoms with E-state index in [2.05, 4.69) is 26.5 Å². The van der Waals surface area contributed by atoms with Crippen molar-refractivity contribution in [3.05, 3.63) is 0 Å². The highest BCUT2D eigenvalue weighted by molar-refractivity contribution is 7.96. The molecule has 1 amide bonds. The van der Waals surface area contributed by atoms with Gasteiger partial charge in [0.2, 0.25) is 0 Å². The predicted molar refractivity (Wildman–Crippen MR) is 46.5 cm³/mol. The molecule has 0 aliphatic rings. The third-order valence-electron chi connectivity index (χ3n) is 1.26.